The molecule has 1 heterocycles. The van der Waals surface area contributed by atoms with Crippen LogP contribution in [0.2, 0.25) is 5.02 Å². The van der Waals surface area contributed by atoms with E-state index in [1.54, 1.807) is 24.3 Å². The van der Waals surface area contributed by atoms with Crippen LogP contribution >= 0.6 is 11.6 Å². The van der Waals surface area contributed by atoms with Crippen LogP contribution in [0.15, 0.2) is 36.9 Å². The van der Waals surface area contributed by atoms with Crippen molar-refractivity contribution in [3.05, 3.63) is 47.5 Å². The Morgan fingerprint density at radius 2 is 1.96 bits per heavy atom. The van der Waals surface area contributed by atoms with Gasteiger partial charge in [-0.25, -0.2) is 9.67 Å². The average molecular weight is 334 g/mol. The van der Waals surface area contributed by atoms with Crippen molar-refractivity contribution in [2.45, 2.75) is 44.2 Å². The van der Waals surface area contributed by atoms with Gasteiger partial charge in [-0.3, -0.25) is 4.79 Å². The molecule has 0 radical (unpaired) electrons. The summed E-state index contributed by atoms with van der Waals surface area (Å²) in [6.07, 6.45) is 7.88. The van der Waals surface area contributed by atoms with Crippen molar-refractivity contribution in [1.82, 2.24) is 14.8 Å². The Labute approximate surface area is 140 Å². The number of hydrogen-bond acceptors (Lipinski definition) is 4. The monoisotopic (exact) mass is 333 g/mol. The summed E-state index contributed by atoms with van der Waals surface area (Å²) in [5.41, 5.74) is -0.996. The highest BCUT2D eigenvalue weighted by atomic mass is 35.5. The second-order valence-corrected chi connectivity index (χ2v) is 6.62. The molecule has 23 heavy (non-hydrogen) atoms. The summed E-state index contributed by atoms with van der Waals surface area (Å²) in [4.78, 5) is 17.0. The second kappa shape index (κ2) is 6.81. The molecule has 1 atom stereocenters. The van der Waals surface area contributed by atoms with E-state index in [1.165, 1.54) is 17.3 Å². The minimum absolute atomic E-state index is 0.0661. The topological polar surface area (TPSA) is 68.0 Å². The van der Waals surface area contributed by atoms with Gasteiger partial charge in [0.1, 0.15) is 18.3 Å². The molecule has 1 aliphatic rings. The van der Waals surface area contributed by atoms with Gasteiger partial charge < -0.3 is 5.11 Å². The number of nitrogens with zero attached hydrogens (tertiary/aromatic N) is 3. The summed E-state index contributed by atoms with van der Waals surface area (Å²) >= 11 is 5.90. The fraction of sp³-hybridized carbons (Fsp3) is 0.471. The molecule has 0 spiro atoms. The molecule has 0 saturated heterocycles. The normalized spacial score (nSPS) is 18.5. The highest BCUT2D eigenvalue weighted by Crippen LogP contribution is 2.36. The van der Waals surface area contributed by atoms with Crippen LogP contribution in [-0.2, 0) is 6.54 Å². The van der Waals surface area contributed by atoms with E-state index in [9.17, 15) is 9.90 Å². The minimum atomic E-state index is -1.47. The number of halogens is 1. The van der Waals surface area contributed by atoms with Crippen molar-refractivity contribution in [3.8, 4) is 0 Å². The van der Waals surface area contributed by atoms with E-state index in [-0.39, 0.29) is 18.2 Å². The van der Waals surface area contributed by atoms with Gasteiger partial charge in [0.05, 0.1) is 6.54 Å². The van der Waals surface area contributed by atoms with E-state index in [0.717, 1.165) is 32.1 Å². The predicted octanol–water partition coefficient (Wildman–Crippen LogP) is 3.13. The molecule has 122 valence electrons. The Morgan fingerprint density at radius 3 is 2.57 bits per heavy atom. The molecule has 6 heteroatoms. The van der Waals surface area contributed by atoms with Gasteiger partial charge in [0.2, 0.25) is 0 Å². The first-order chi connectivity index (χ1) is 11.1. The SMILES string of the molecule is O=C(c1ccc(Cl)cc1)C(O)(Cn1cncn1)C1CCCCC1. The lowest BCUT2D eigenvalue weighted by Gasteiger charge is -2.37. The van der Waals surface area contributed by atoms with E-state index in [0.29, 0.717) is 10.6 Å². The largest absolute Gasteiger partial charge is 0.379 e. The van der Waals surface area contributed by atoms with Crippen molar-refractivity contribution < 1.29 is 9.90 Å². The molecule has 3 rings (SSSR count). The van der Waals surface area contributed by atoms with Gasteiger partial charge in [-0.05, 0) is 43.0 Å². The van der Waals surface area contributed by atoms with Gasteiger partial charge in [0, 0.05) is 10.6 Å². The summed E-state index contributed by atoms with van der Waals surface area (Å²) in [5.74, 6) is -0.333. The zero-order chi connectivity index (χ0) is 16.3. The Hall–Kier alpha value is -1.72. The van der Waals surface area contributed by atoms with E-state index >= 15 is 0 Å². The van der Waals surface area contributed by atoms with Crippen LogP contribution in [-0.4, -0.2) is 31.3 Å². The van der Waals surface area contributed by atoms with Crippen LogP contribution in [0.25, 0.3) is 0 Å². The van der Waals surface area contributed by atoms with Crippen molar-refractivity contribution in [3.63, 3.8) is 0 Å². The summed E-state index contributed by atoms with van der Waals surface area (Å²) in [6.45, 7) is 0.124. The average Bonchev–Trinajstić information content (AvgIpc) is 3.08. The van der Waals surface area contributed by atoms with Crippen molar-refractivity contribution in [2.24, 2.45) is 5.92 Å². The van der Waals surface area contributed by atoms with Gasteiger partial charge >= 0.3 is 0 Å². The van der Waals surface area contributed by atoms with Crippen molar-refractivity contribution in [2.75, 3.05) is 0 Å². The fourth-order valence-corrected chi connectivity index (χ4v) is 3.50. The van der Waals surface area contributed by atoms with Crippen LogP contribution in [0.4, 0.5) is 0 Å². The summed E-state index contributed by atoms with van der Waals surface area (Å²) in [7, 11) is 0. The van der Waals surface area contributed by atoms with Gasteiger partial charge in [-0.1, -0.05) is 30.9 Å². The highest BCUT2D eigenvalue weighted by molar-refractivity contribution is 6.30. The third-order valence-corrected chi connectivity index (χ3v) is 4.90. The summed E-state index contributed by atoms with van der Waals surface area (Å²) < 4.78 is 1.53. The van der Waals surface area contributed by atoms with Crippen LogP contribution < -0.4 is 0 Å². The van der Waals surface area contributed by atoms with Gasteiger partial charge in [0.15, 0.2) is 5.78 Å². The zero-order valence-electron chi connectivity index (χ0n) is 12.9. The number of hydrogen-bond donors (Lipinski definition) is 1. The van der Waals surface area contributed by atoms with Crippen LogP contribution in [0.5, 0.6) is 0 Å². The Morgan fingerprint density at radius 1 is 1.26 bits per heavy atom. The number of carbonyl (C=O) groups is 1. The first-order valence-electron chi connectivity index (χ1n) is 7.95. The standard InChI is InChI=1S/C17H20ClN3O2/c18-15-8-6-13(7-9-15)16(22)17(23,10-21-12-19-11-20-21)14-4-2-1-3-5-14/h6-9,11-12,14,23H,1-5,10H2. The Kier molecular flexibility index (Phi) is 4.78. The lowest BCUT2D eigenvalue weighted by atomic mass is 9.73. The molecule has 1 unspecified atom stereocenters. The third kappa shape index (κ3) is 3.46. The molecular weight excluding hydrogens is 314 g/mol. The molecule has 2 aromatic rings. The number of rotatable bonds is 5. The molecular formula is C17H20ClN3O2. The molecule has 5 nitrogen and oxygen atoms in total. The van der Waals surface area contributed by atoms with Crippen LogP contribution in [0, 0.1) is 5.92 Å². The van der Waals surface area contributed by atoms with Crippen LogP contribution in [0.3, 0.4) is 0 Å². The second-order valence-electron chi connectivity index (χ2n) is 6.19. The minimum Gasteiger partial charge on any atom is -0.379 e. The Bertz CT molecular complexity index is 651. The first-order valence-corrected chi connectivity index (χ1v) is 8.32. The van der Waals surface area contributed by atoms with Gasteiger partial charge in [-0.15, -0.1) is 0 Å². The molecule has 0 bridgehead atoms. The lowest BCUT2D eigenvalue weighted by Crippen LogP contribution is -2.50. The number of Topliss-reactive ketones (excluding diaryl/α,β-unsaturated/α-hetero) is 1. The number of aliphatic hydroxyl groups is 1. The molecule has 1 aliphatic carbocycles. The maximum Gasteiger partial charge on any atom is 0.196 e. The Balaban J connectivity index is 1.92. The molecule has 1 saturated carbocycles. The van der Waals surface area contributed by atoms with Gasteiger partial charge in [0.25, 0.3) is 0 Å². The predicted molar refractivity (Wildman–Crippen MR) is 87.3 cm³/mol. The molecule has 1 aromatic carbocycles. The molecule has 0 aliphatic heterocycles. The third-order valence-electron chi connectivity index (χ3n) is 4.65. The van der Waals surface area contributed by atoms with E-state index in [4.69, 9.17) is 11.6 Å². The van der Waals surface area contributed by atoms with E-state index in [2.05, 4.69) is 10.1 Å². The number of benzene rings is 1. The highest BCUT2D eigenvalue weighted by Gasteiger charge is 2.44. The zero-order valence-corrected chi connectivity index (χ0v) is 13.6. The first kappa shape index (κ1) is 16.1. The van der Waals surface area contributed by atoms with Crippen molar-refractivity contribution in [1.29, 1.82) is 0 Å². The molecule has 1 aromatic heterocycles. The molecule has 0 amide bonds. The van der Waals surface area contributed by atoms with E-state index in [1.807, 2.05) is 0 Å². The summed E-state index contributed by atoms with van der Waals surface area (Å²) in [6, 6.07) is 6.68. The lowest BCUT2D eigenvalue weighted by molar-refractivity contribution is -0.0269. The smallest absolute Gasteiger partial charge is 0.196 e. The van der Waals surface area contributed by atoms with Gasteiger partial charge in [-0.2, -0.15) is 5.10 Å². The number of carbonyl (C=O) groups excluding carboxylic acids is 1. The maximum absolute atomic E-state index is 13.0. The summed E-state index contributed by atoms with van der Waals surface area (Å²) in [5, 5.41) is 16.0. The van der Waals surface area contributed by atoms with Crippen LogP contribution in [0.1, 0.15) is 42.5 Å². The van der Waals surface area contributed by atoms with Crippen molar-refractivity contribution >= 4 is 17.4 Å². The molecule has 1 N–H and O–H groups in total. The number of ketones is 1. The quantitative estimate of drug-likeness (QED) is 0.854. The molecule has 1 fully saturated rings. The maximum atomic E-state index is 13.0. The fourth-order valence-electron chi connectivity index (χ4n) is 3.38. The number of aromatic nitrogens is 3. The van der Waals surface area contributed by atoms with E-state index < -0.39 is 5.60 Å².